The standard InChI is InChI=1S/C13H22O/c1-2-3-4-5-7-10-13(14)11-8-6-9-12-13/h5,10,14H,2-4,6,8-9,11-12H2,1H3. The molecule has 0 bridgehead atoms. The predicted octanol–water partition coefficient (Wildman–Crippen LogP) is 3.58. The van der Waals surface area contributed by atoms with Gasteiger partial charge in [0.2, 0.25) is 0 Å². The number of hydrogen-bond donors (Lipinski definition) is 1. The van der Waals surface area contributed by atoms with Crippen molar-refractivity contribution in [2.45, 2.75) is 63.9 Å². The van der Waals surface area contributed by atoms with Crippen molar-refractivity contribution in [2.24, 2.45) is 0 Å². The van der Waals surface area contributed by atoms with E-state index in [1.54, 1.807) is 0 Å². The van der Waals surface area contributed by atoms with Crippen LogP contribution in [0.5, 0.6) is 0 Å². The van der Waals surface area contributed by atoms with E-state index in [9.17, 15) is 5.11 Å². The fourth-order valence-corrected chi connectivity index (χ4v) is 1.91. The van der Waals surface area contributed by atoms with Crippen LogP contribution < -0.4 is 0 Å². The molecule has 0 heterocycles. The third kappa shape index (κ3) is 4.13. The molecule has 1 heteroatoms. The number of rotatable bonds is 4. The Kier molecular flexibility index (Phi) is 5.00. The fourth-order valence-electron chi connectivity index (χ4n) is 1.91. The summed E-state index contributed by atoms with van der Waals surface area (Å²) in [6, 6.07) is 0. The summed E-state index contributed by atoms with van der Waals surface area (Å²) in [4.78, 5) is 0. The molecule has 0 spiro atoms. The van der Waals surface area contributed by atoms with Gasteiger partial charge in [0.15, 0.2) is 0 Å². The maximum absolute atomic E-state index is 10.1. The minimum atomic E-state index is -0.541. The maximum atomic E-state index is 10.1. The molecule has 0 saturated heterocycles. The lowest BCUT2D eigenvalue weighted by Gasteiger charge is -2.27. The Balaban J connectivity index is 2.36. The zero-order valence-corrected chi connectivity index (χ0v) is 9.26. The van der Waals surface area contributed by atoms with Crippen molar-refractivity contribution in [3.8, 4) is 0 Å². The Morgan fingerprint density at radius 2 is 2.00 bits per heavy atom. The second kappa shape index (κ2) is 6.06. The van der Waals surface area contributed by atoms with Crippen LogP contribution in [-0.4, -0.2) is 10.7 Å². The minimum absolute atomic E-state index is 0.541. The van der Waals surface area contributed by atoms with E-state index in [1.807, 2.05) is 6.08 Å². The lowest BCUT2D eigenvalue weighted by molar-refractivity contribution is 0.0515. The highest BCUT2D eigenvalue weighted by Gasteiger charge is 2.25. The molecular weight excluding hydrogens is 172 g/mol. The summed E-state index contributed by atoms with van der Waals surface area (Å²) in [6.07, 6.45) is 12.9. The monoisotopic (exact) mass is 194 g/mol. The summed E-state index contributed by atoms with van der Waals surface area (Å²) < 4.78 is 0. The quantitative estimate of drug-likeness (QED) is 0.535. The van der Waals surface area contributed by atoms with Crippen molar-refractivity contribution >= 4 is 0 Å². The van der Waals surface area contributed by atoms with E-state index in [0.29, 0.717) is 0 Å². The van der Waals surface area contributed by atoms with Gasteiger partial charge in [-0.15, -0.1) is 5.73 Å². The molecule has 0 atom stereocenters. The molecule has 1 saturated carbocycles. The van der Waals surface area contributed by atoms with Crippen LogP contribution in [-0.2, 0) is 0 Å². The molecule has 1 N–H and O–H groups in total. The SMILES string of the molecule is CCCCC=C=CC1(O)CCCCC1. The third-order valence-corrected chi connectivity index (χ3v) is 2.89. The lowest BCUT2D eigenvalue weighted by Crippen LogP contribution is -2.28. The minimum Gasteiger partial charge on any atom is -0.385 e. The first-order chi connectivity index (χ1) is 6.77. The average molecular weight is 194 g/mol. The smallest absolute Gasteiger partial charge is 0.0900 e. The van der Waals surface area contributed by atoms with Gasteiger partial charge in [-0.2, -0.15) is 0 Å². The van der Waals surface area contributed by atoms with E-state index in [1.165, 1.54) is 19.3 Å². The van der Waals surface area contributed by atoms with E-state index in [2.05, 4.69) is 18.7 Å². The van der Waals surface area contributed by atoms with Gasteiger partial charge in [0, 0.05) is 0 Å². The normalized spacial score (nSPS) is 19.9. The average Bonchev–Trinajstić information content (AvgIpc) is 2.18. The van der Waals surface area contributed by atoms with Crippen molar-refractivity contribution in [3.05, 3.63) is 17.9 Å². The summed E-state index contributed by atoms with van der Waals surface area (Å²) in [5.74, 6) is 0. The van der Waals surface area contributed by atoms with Gasteiger partial charge >= 0.3 is 0 Å². The van der Waals surface area contributed by atoms with Crippen molar-refractivity contribution in [1.29, 1.82) is 0 Å². The lowest BCUT2D eigenvalue weighted by atomic mass is 9.85. The molecule has 0 aromatic heterocycles. The second-order valence-corrected chi connectivity index (χ2v) is 4.32. The van der Waals surface area contributed by atoms with Crippen molar-refractivity contribution < 1.29 is 5.11 Å². The van der Waals surface area contributed by atoms with E-state index >= 15 is 0 Å². The molecule has 1 rings (SSSR count). The van der Waals surface area contributed by atoms with Gasteiger partial charge in [-0.1, -0.05) is 32.6 Å². The van der Waals surface area contributed by atoms with E-state index in [-0.39, 0.29) is 0 Å². The fraction of sp³-hybridized carbons (Fsp3) is 0.769. The molecule has 0 aromatic carbocycles. The highest BCUT2D eigenvalue weighted by Crippen LogP contribution is 2.28. The summed E-state index contributed by atoms with van der Waals surface area (Å²) in [7, 11) is 0. The van der Waals surface area contributed by atoms with Gasteiger partial charge in [0.1, 0.15) is 0 Å². The molecule has 14 heavy (non-hydrogen) atoms. The maximum Gasteiger partial charge on any atom is 0.0900 e. The Morgan fingerprint density at radius 1 is 1.29 bits per heavy atom. The number of unbranched alkanes of at least 4 members (excludes halogenated alkanes) is 2. The van der Waals surface area contributed by atoms with Crippen molar-refractivity contribution in [3.63, 3.8) is 0 Å². The predicted molar refractivity (Wildman–Crippen MR) is 60.2 cm³/mol. The Labute approximate surface area is 87.5 Å². The molecule has 1 fully saturated rings. The zero-order chi connectivity index (χ0) is 10.3. The molecule has 0 amide bonds. The second-order valence-electron chi connectivity index (χ2n) is 4.32. The first-order valence-corrected chi connectivity index (χ1v) is 5.91. The molecule has 1 aliphatic rings. The van der Waals surface area contributed by atoms with Crippen molar-refractivity contribution in [2.75, 3.05) is 0 Å². The van der Waals surface area contributed by atoms with E-state index in [4.69, 9.17) is 0 Å². The third-order valence-electron chi connectivity index (χ3n) is 2.89. The highest BCUT2D eigenvalue weighted by molar-refractivity contribution is 5.02. The largest absolute Gasteiger partial charge is 0.385 e. The topological polar surface area (TPSA) is 20.2 Å². The molecule has 1 nitrogen and oxygen atoms in total. The molecule has 1 aliphatic carbocycles. The van der Waals surface area contributed by atoms with Crippen LogP contribution in [0.25, 0.3) is 0 Å². The molecule has 0 radical (unpaired) electrons. The Bertz CT molecular complexity index is 205. The van der Waals surface area contributed by atoms with Gasteiger partial charge in [-0.3, -0.25) is 0 Å². The van der Waals surface area contributed by atoms with Crippen molar-refractivity contribution in [1.82, 2.24) is 0 Å². The van der Waals surface area contributed by atoms with Gasteiger partial charge in [-0.25, -0.2) is 0 Å². The molecule has 0 unspecified atom stereocenters. The number of hydrogen-bond acceptors (Lipinski definition) is 1. The van der Waals surface area contributed by atoms with Gasteiger partial charge in [0.05, 0.1) is 5.60 Å². The first-order valence-electron chi connectivity index (χ1n) is 5.91. The zero-order valence-electron chi connectivity index (χ0n) is 9.26. The summed E-state index contributed by atoms with van der Waals surface area (Å²) in [5, 5.41) is 10.1. The van der Waals surface area contributed by atoms with Crippen LogP contribution in [0.1, 0.15) is 58.3 Å². The molecule has 0 aliphatic heterocycles. The van der Waals surface area contributed by atoms with Crippen LogP contribution in [0.4, 0.5) is 0 Å². The molecular formula is C13H22O. The highest BCUT2D eigenvalue weighted by atomic mass is 16.3. The molecule has 80 valence electrons. The molecule has 0 aromatic rings. The van der Waals surface area contributed by atoms with Crippen LogP contribution in [0.2, 0.25) is 0 Å². The van der Waals surface area contributed by atoms with Gasteiger partial charge in [-0.05, 0) is 37.8 Å². The first kappa shape index (κ1) is 11.6. The summed E-state index contributed by atoms with van der Waals surface area (Å²) in [5.41, 5.74) is 2.59. The van der Waals surface area contributed by atoms with E-state index in [0.717, 1.165) is 32.1 Å². The van der Waals surface area contributed by atoms with Crippen LogP contribution in [0, 0.1) is 0 Å². The van der Waals surface area contributed by atoms with Crippen LogP contribution >= 0.6 is 0 Å². The van der Waals surface area contributed by atoms with E-state index < -0.39 is 5.60 Å². The Hall–Kier alpha value is -0.520. The van der Waals surface area contributed by atoms with Crippen LogP contribution in [0.15, 0.2) is 17.9 Å². The summed E-state index contributed by atoms with van der Waals surface area (Å²) in [6.45, 7) is 2.19. The van der Waals surface area contributed by atoms with Crippen LogP contribution in [0.3, 0.4) is 0 Å². The summed E-state index contributed by atoms with van der Waals surface area (Å²) >= 11 is 0. The number of aliphatic hydroxyl groups is 1. The Morgan fingerprint density at radius 3 is 2.64 bits per heavy atom. The van der Waals surface area contributed by atoms with Gasteiger partial charge in [0.25, 0.3) is 0 Å². The van der Waals surface area contributed by atoms with Gasteiger partial charge < -0.3 is 5.11 Å².